The summed E-state index contributed by atoms with van der Waals surface area (Å²) in [5.41, 5.74) is 0.968. The van der Waals surface area contributed by atoms with Crippen molar-refractivity contribution in [2.75, 3.05) is 7.11 Å². The lowest BCUT2D eigenvalue weighted by Crippen LogP contribution is -2.47. The second-order valence-corrected chi connectivity index (χ2v) is 12.6. The number of carboxylic acids is 1. The Morgan fingerprint density at radius 2 is 1.76 bits per heavy atom. The monoisotopic (exact) mass is 368 g/mol. The van der Waals surface area contributed by atoms with Crippen molar-refractivity contribution in [3.05, 3.63) is 29.8 Å². The molecule has 1 aromatic rings. The van der Waals surface area contributed by atoms with Gasteiger partial charge in [0.05, 0.1) is 32.3 Å². The van der Waals surface area contributed by atoms with Crippen LogP contribution in [0.2, 0.25) is 18.1 Å². The highest BCUT2D eigenvalue weighted by molar-refractivity contribution is 6.74. The molecule has 0 bridgehead atoms. The van der Waals surface area contributed by atoms with Gasteiger partial charge in [-0.15, -0.1) is 0 Å². The Balaban J connectivity index is 2.76. The fraction of sp³-hybridized carbons (Fsp3) is 0.632. The highest BCUT2D eigenvalue weighted by Gasteiger charge is 2.40. The Kier molecular flexibility index (Phi) is 7.65. The van der Waals surface area contributed by atoms with Crippen LogP contribution in [0.3, 0.4) is 0 Å². The second kappa shape index (κ2) is 8.83. The largest absolute Gasteiger partial charge is 0.497 e. The maximum atomic E-state index is 11.2. The Bertz CT molecular complexity index is 548. The molecule has 0 spiro atoms. The van der Waals surface area contributed by atoms with Crippen LogP contribution in [0.25, 0.3) is 0 Å². The summed E-state index contributed by atoms with van der Waals surface area (Å²) in [6, 6.07) is 7.55. The lowest BCUT2D eigenvalue weighted by atomic mass is 10.1. The van der Waals surface area contributed by atoms with Crippen molar-refractivity contribution >= 4 is 14.3 Å². The van der Waals surface area contributed by atoms with Gasteiger partial charge in [0.1, 0.15) is 5.75 Å². The lowest BCUT2D eigenvalue weighted by molar-refractivity contribution is -0.143. The normalized spacial score (nSPS) is 14.8. The van der Waals surface area contributed by atoms with Gasteiger partial charge in [0.25, 0.3) is 0 Å². The molecule has 5 nitrogen and oxygen atoms in total. The highest BCUT2D eigenvalue weighted by atomic mass is 28.4. The van der Waals surface area contributed by atoms with Crippen LogP contribution in [-0.2, 0) is 20.6 Å². The van der Waals surface area contributed by atoms with Gasteiger partial charge in [0.15, 0.2) is 8.32 Å². The van der Waals surface area contributed by atoms with Crippen molar-refractivity contribution in [3.63, 3.8) is 0 Å². The standard InChI is InChI=1S/C19H32O5Si/c1-14(24-25(6,7)19(2,3)4)17(12-18(20)21)23-13-15-8-10-16(22-5)11-9-15/h8-11,14,17H,12-13H2,1-7H3,(H,20,21)/t14-,17-/m1/s1. The summed E-state index contributed by atoms with van der Waals surface area (Å²) in [5.74, 6) is -0.106. The van der Waals surface area contributed by atoms with Crippen LogP contribution in [0, 0.1) is 0 Å². The number of ether oxygens (including phenoxy) is 2. The first-order valence-electron chi connectivity index (χ1n) is 8.60. The molecule has 0 heterocycles. The van der Waals surface area contributed by atoms with E-state index in [-0.39, 0.29) is 17.6 Å². The number of carboxylic acid groups (broad SMARTS) is 1. The molecule has 1 rings (SSSR count). The van der Waals surface area contributed by atoms with Crippen molar-refractivity contribution in [1.29, 1.82) is 0 Å². The SMILES string of the molecule is COc1ccc(CO[C@H](CC(=O)O)[C@@H](C)O[Si](C)(C)C(C)(C)C)cc1. The van der Waals surface area contributed by atoms with Gasteiger partial charge in [0.2, 0.25) is 0 Å². The minimum absolute atomic E-state index is 0.0605. The van der Waals surface area contributed by atoms with Gasteiger partial charge in [0, 0.05) is 0 Å². The summed E-state index contributed by atoms with van der Waals surface area (Å²) in [6.07, 6.45) is -0.852. The molecule has 0 aliphatic heterocycles. The van der Waals surface area contributed by atoms with E-state index in [1.165, 1.54) is 0 Å². The number of carbonyl (C=O) groups is 1. The third-order valence-electron chi connectivity index (χ3n) is 4.81. The number of aliphatic carboxylic acids is 1. The maximum absolute atomic E-state index is 11.2. The van der Waals surface area contributed by atoms with Gasteiger partial charge in [-0.25, -0.2) is 0 Å². The van der Waals surface area contributed by atoms with Crippen molar-refractivity contribution in [2.24, 2.45) is 0 Å². The number of rotatable bonds is 9. The average Bonchev–Trinajstić information content (AvgIpc) is 2.50. The zero-order valence-corrected chi connectivity index (χ0v) is 17.5. The van der Waals surface area contributed by atoms with E-state index in [1.807, 2.05) is 31.2 Å². The van der Waals surface area contributed by atoms with Gasteiger partial charge in [-0.1, -0.05) is 32.9 Å². The molecule has 1 aromatic carbocycles. The van der Waals surface area contributed by atoms with Gasteiger partial charge in [-0.2, -0.15) is 0 Å². The molecule has 0 unspecified atom stereocenters. The predicted molar refractivity (Wildman–Crippen MR) is 102 cm³/mol. The molecule has 0 saturated heterocycles. The van der Waals surface area contributed by atoms with Crippen LogP contribution < -0.4 is 4.74 Å². The minimum Gasteiger partial charge on any atom is -0.497 e. The zero-order chi connectivity index (χ0) is 19.3. The Morgan fingerprint density at radius 1 is 1.20 bits per heavy atom. The molecule has 0 fully saturated rings. The topological polar surface area (TPSA) is 65.0 Å². The molecular formula is C19H32O5Si. The molecule has 1 N–H and O–H groups in total. The van der Waals surface area contributed by atoms with Crippen LogP contribution in [-0.4, -0.2) is 38.7 Å². The maximum Gasteiger partial charge on any atom is 0.306 e. The van der Waals surface area contributed by atoms with Gasteiger partial charge >= 0.3 is 5.97 Å². The molecular weight excluding hydrogens is 336 g/mol. The van der Waals surface area contributed by atoms with E-state index in [1.54, 1.807) is 7.11 Å². The molecule has 142 valence electrons. The smallest absolute Gasteiger partial charge is 0.306 e. The van der Waals surface area contributed by atoms with E-state index in [4.69, 9.17) is 13.9 Å². The van der Waals surface area contributed by atoms with E-state index in [0.29, 0.717) is 6.61 Å². The first-order valence-corrected chi connectivity index (χ1v) is 11.5. The summed E-state index contributed by atoms with van der Waals surface area (Å²) in [5, 5.41) is 9.28. The van der Waals surface area contributed by atoms with Gasteiger partial charge < -0.3 is 19.0 Å². The number of hydrogen-bond donors (Lipinski definition) is 1. The third-order valence-corrected chi connectivity index (χ3v) is 9.38. The summed E-state index contributed by atoms with van der Waals surface area (Å²) in [7, 11) is -0.373. The number of benzene rings is 1. The predicted octanol–water partition coefficient (Wildman–Crippen LogP) is 4.47. The van der Waals surface area contributed by atoms with E-state index < -0.39 is 20.4 Å². The molecule has 0 saturated carbocycles. The summed E-state index contributed by atoms with van der Waals surface area (Å²) in [4.78, 5) is 11.2. The fourth-order valence-corrected chi connectivity index (χ4v) is 3.61. The molecule has 0 amide bonds. The lowest BCUT2D eigenvalue weighted by Gasteiger charge is -2.40. The third kappa shape index (κ3) is 6.80. The first-order chi connectivity index (χ1) is 11.5. The molecule has 0 aliphatic carbocycles. The summed E-state index contributed by atoms with van der Waals surface area (Å²) >= 11 is 0. The number of hydrogen-bond acceptors (Lipinski definition) is 4. The zero-order valence-electron chi connectivity index (χ0n) is 16.5. The Labute approximate surface area is 152 Å². The van der Waals surface area contributed by atoms with Crippen LogP contribution in [0.5, 0.6) is 5.75 Å². The number of methoxy groups -OCH3 is 1. The fourth-order valence-electron chi connectivity index (χ4n) is 2.17. The molecule has 0 aromatic heterocycles. The first kappa shape index (κ1) is 21.7. The van der Waals surface area contributed by atoms with Gasteiger partial charge in [-0.3, -0.25) is 4.79 Å². The summed E-state index contributed by atoms with van der Waals surface area (Å²) in [6.45, 7) is 13.0. The van der Waals surface area contributed by atoms with Crippen molar-refractivity contribution in [3.8, 4) is 5.75 Å². The minimum atomic E-state index is -1.99. The van der Waals surface area contributed by atoms with Crippen molar-refractivity contribution in [1.82, 2.24) is 0 Å². The average molecular weight is 369 g/mol. The molecule has 2 atom stereocenters. The molecule has 0 radical (unpaired) electrons. The highest BCUT2D eigenvalue weighted by Crippen LogP contribution is 2.38. The second-order valence-electron chi connectivity index (χ2n) is 7.88. The molecule has 0 aliphatic rings. The van der Waals surface area contributed by atoms with Gasteiger partial charge in [-0.05, 0) is 42.8 Å². The summed E-state index contributed by atoms with van der Waals surface area (Å²) < 4.78 is 17.4. The van der Waals surface area contributed by atoms with Crippen LogP contribution in [0.1, 0.15) is 39.7 Å². The van der Waals surface area contributed by atoms with E-state index in [2.05, 4.69) is 33.9 Å². The van der Waals surface area contributed by atoms with Crippen molar-refractivity contribution in [2.45, 2.75) is 71.1 Å². The van der Waals surface area contributed by atoms with E-state index in [9.17, 15) is 9.90 Å². The van der Waals surface area contributed by atoms with Crippen LogP contribution in [0.15, 0.2) is 24.3 Å². The van der Waals surface area contributed by atoms with Crippen LogP contribution in [0.4, 0.5) is 0 Å². The Hall–Kier alpha value is -1.37. The molecule has 25 heavy (non-hydrogen) atoms. The van der Waals surface area contributed by atoms with Crippen molar-refractivity contribution < 1.29 is 23.8 Å². The quantitative estimate of drug-likeness (QED) is 0.652. The Morgan fingerprint density at radius 3 is 2.20 bits per heavy atom. The van der Waals surface area contributed by atoms with Crippen LogP contribution >= 0.6 is 0 Å². The molecule has 6 heteroatoms. The van der Waals surface area contributed by atoms with E-state index >= 15 is 0 Å². The van der Waals surface area contributed by atoms with E-state index in [0.717, 1.165) is 11.3 Å².